The van der Waals surface area contributed by atoms with Gasteiger partial charge in [0, 0.05) is 17.1 Å². The number of aromatic amines is 1. The molecule has 0 saturated heterocycles. The predicted molar refractivity (Wildman–Crippen MR) is 119 cm³/mol. The Morgan fingerprint density at radius 2 is 1.78 bits per heavy atom. The molecule has 2 aromatic heterocycles. The van der Waals surface area contributed by atoms with E-state index in [4.69, 9.17) is 0 Å². The highest BCUT2D eigenvalue weighted by Crippen LogP contribution is 2.32. The van der Waals surface area contributed by atoms with Crippen molar-refractivity contribution in [3.05, 3.63) is 81.9 Å². The SMILES string of the molecule is Cc1cc2nc(C(C#N)=Cc3cc(C)n(-c4cccc(C(F)(F)F)c4)c3C)[nH]c2cc1C. The van der Waals surface area contributed by atoms with Crippen LogP contribution in [0.5, 0.6) is 0 Å². The van der Waals surface area contributed by atoms with Gasteiger partial charge in [-0.05, 0) is 86.9 Å². The van der Waals surface area contributed by atoms with E-state index in [9.17, 15) is 18.4 Å². The van der Waals surface area contributed by atoms with Gasteiger partial charge in [0.15, 0.2) is 0 Å². The number of H-pyrrole nitrogens is 1. The maximum atomic E-state index is 13.2. The standard InChI is InChI=1S/C25H21F3N4/c1-14-8-22-23(9-15(14)2)31-24(30-22)19(13-29)11-18-10-16(3)32(17(18)4)21-7-5-6-20(12-21)25(26,27)28/h5-12H,1-4H3,(H,30,31). The second kappa shape index (κ2) is 7.72. The van der Waals surface area contributed by atoms with Crippen molar-refractivity contribution >= 4 is 22.7 Å². The van der Waals surface area contributed by atoms with Crippen LogP contribution in [0.2, 0.25) is 0 Å². The number of alkyl halides is 3. The number of aromatic nitrogens is 3. The molecule has 32 heavy (non-hydrogen) atoms. The molecule has 0 spiro atoms. The van der Waals surface area contributed by atoms with E-state index >= 15 is 0 Å². The summed E-state index contributed by atoms with van der Waals surface area (Å²) in [5.74, 6) is 0.455. The largest absolute Gasteiger partial charge is 0.416 e. The van der Waals surface area contributed by atoms with Crippen LogP contribution in [0.25, 0.3) is 28.4 Å². The molecule has 0 amide bonds. The van der Waals surface area contributed by atoms with E-state index in [0.717, 1.165) is 51.2 Å². The number of halogens is 3. The highest BCUT2D eigenvalue weighted by atomic mass is 19.4. The summed E-state index contributed by atoms with van der Waals surface area (Å²) >= 11 is 0. The summed E-state index contributed by atoms with van der Waals surface area (Å²) < 4.78 is 41.3. The van der Waals surface area contributed by atoms with Crippen LogP contribution in [0.4, 0.5) is 13.2 Å². The molecule has 2 aromatic carbocycles. The van der Waals surface area contributed by atoms with Gasteiger partial charge in [0.05, 0.1) is 22.2 Å². The number of hydrogen-bond donors (Lipinski definition) is 1. The minimum Gasteiger partial charge on any atom is -0.337 e. The fourth-order valence-electron chi connectivity index (χ4n) is 3.86. The molecular weight excluding hydrogens is 413 g/mol. The number of allylic oxidation sites excluding steroid dienone is 1. The van der Waals surface area contributed by atoms with E-state index in [1.165, 1.54) is 6.07 Å². The molecule has 0 atom stereocenters. The number of fused-ring (bicyclic) bond motifs is 1. The van der Waals surface area contributed by atoms with E-state index in [1.54, 1.807) is 16.7 Å². The summed E-state index contributed by atoms with van der Waals surface area (Å²) in [6.45, 7) is 7.66. The molecule has 2 heterocycles. The number of hydrogen-bond acceptors (Lipinski definition) is 2. The third kappa shape index (κ3) is 3.80. The van der Waals surface area contributed by atoms with Crippen molar-refractivity contribution in [3.63, 3.8) is 0 Å². The first-order valence-corrected chi connectivity index (χ1v) is 10.0. The molecule has 0 aliphatic rings. The summed E-state index contributed by atoms with van der Waals surface area (Å²) in [7, 11) is 0. The minimum atomic E-state index is -4.42. The molecule has 7 heteroatoms. The maximum Gasteiger partial charge on any atom is 0.416 e. The summed E-state index contributed by atoms with van der Waals surface area (Å²) in [4.78, 5) is 7.76. The van der Waals surface area contributed by atoms with Gasteiger partial charge in [0.1, 0.15) is 11.9 Å². The van der Waals surface area contributed by atoms with Crippen LogP contribution in [0, 0.1) is 39.0 Å². The van der Waals surface area contributed by atoms with Crippen LogP contribution >= 0.6 is 0 Å². The normalized spacial score (nSPS) is 12.4. The van der Waals surface area contributed by atoms with E-state index < -0.39 is 11.7 Å². The zero-order chi connectivity index (χ0) is 23.2. The van der Waals surface area contributed by atoms with Crippen molar-refractivity contribution in [2.45, 2.75) is 33.9 Å². The van der Waals surface area contributed by atoms with E-state index in [-0.39, 0.29) is 0 Å². The lowest BCUT2D eigenvalue weighted by atomic mass is 10.1. The lowest BCUT2D eigenvalue weighted by molar-refractivity contribution is -0.137. The van der Waals surface area contributed by atoms with Gasteiger partial charge in [-0.2, -0.15) is 18.4 Å². The van der Waals surface area contributed by atoms with Crippen molar-refractivity contribution in [1.82, 2.24) is 14.5 Å². The van der Waals surface area contributed by atoms with Crippen LogP contribution in [0.1, 0.15) is 39.5 Å². The highest BCUT2D eigenvalue weighted by Gasteiger charge is 2.30. The highest BCUT2D eigenvalue weighted by molar-refractivity contribution is 5.91. The molecule has 0 saturated carbocycles. The molecule has 4 rings (SSSR count). The number of imidazole rings is 1. The summed E-state index contributed by atoms with van der Waals surface area (Å²) in [5, 5.41) is 9.77. The minimum absolute atomic E-state index is 0.348. The lowest BCUT2D eigenvalue weighted by Gasteiger charge is -2.13. The number of nitrogens with zero attached hydrogens (tertiary/aromatic N) is 3. The third-order valence-corrected chi connectivity index (χ3v) is 5.67. The maximum absolute atomic E-state index is 13.2. The molecule has 0 radical (unpaired) electrons. The smallest absolute Gasteiger partial charge is 0.337 e. The number of aryl methyl sites for hydroxylation is 3. The van der Waals surface area contributed by atoms with E-state index in [1.807, 2.05) is 45.9 Å². The Morgan fingerprint density at radius 1 is 1.06 bits per heavy atom. The summed E-state index contributed by atoms with van der Waals surface area (Å²) in [5.41, 5.74) is 6.16. The van der Waals surface area contributed by atoms with Crippen molar-refractivity contribution in [2.24, 2.45) is 0 Å². The number of nitriles is 1. The van der Waals surface area contributed by atoms with Crippen LogP contribution in [0.15, 0.2) is 42.5 Å². The van der Waals surface area contributed by atoms with Crippen LogP contribution < -0.4 is 0 Å². The molecule has 0 aliphatic carbocycles. The Balaban J connectivity index is 1.79. The molecule has 1 N–H and O–H groups in total. The first-order chi connectivity index (χ1) is 15.1. The first kappa shape index (κ1) is 21.4. The molecule has 0 fully saturated rings. The molecular formula is C25H21F3N4. The van der Waals surface area contributed by atoms with Gasteiger partial charge >= 0.3 is 6.18 Å². The molecule has 0 aliphatic heterocycles. The summed E-state index contributed by atoms with van der Waals surface area (Å²) in [6.07, 6.45) is -2.70. The zero-order valence-corrected chi connectivity index (χ0v) is 18.1. The second-order valence-corrected chi connectivity index (χ2v) is 7.92. The quantitative estimate of drug-likeness (QED) is 0.366. The summed E-state index contributed by atoms with van der Waals surface area (Å²) in [6, 6.07) is 13.2. The van der Waals surface area contributed by atoms with Crippen LogP contribution in [-0.4, -0.2) is 14.5 Å². The zero-order valence-electron chi connectivity index (χ0n) is 18.1. The van der Waals surface area contributed by atoms with Crippen LogP contribution in [-0.2, 0) is 6.18 Å². The van der Waals surface area contributed by atoms with Gasteiger partial charge in [-0.3, -0.25) is 0 Å². The molecule has 0 unspecified atom stereocenters. The molecule has 162 valence electrons. The molecule has 4 aromatic rings. The van der Waals surface area contributed by atoms with Gasteiger partial charge in [-0.15, -0.1) is 0 Å². The average molecular weight is 434 g/mol. The number of rotatable bonds is 3. The third-order valence-electron chi connectivity index (χ3n) is 5.67. The topological polar surface area (TPSA) is 57.4 Å². The van der Waals surface area contributed by atoms with E-state index in [0.29, 0.717) is 17.1 Å². The van der Waals surface area contributed by atoms with Crippen molar-refractivity contribution in [1.29, 1.82) is 5.26 Å². The van der Waals surface area contributed by atoms with Gasteiger partial charge < -0.3 is 9.55 Å². The number of nitrogens with one attached hydrogen (secondary N) is 1. The average Bonchev–Trinajstić information content (AvgIpc) is 3.25. The van der Waals surface area contributed by atoms with Gasteiger partial charge in [0.25, 0.3) is 0 Å². The number of benzene rings is 2. The first-order valence-electron chi connectivity index (χ1n) is 10.0. The van der Waals surface area contributed by atoms with Crippen molar-refractivity contribution in [3.8, 4) is 11.8 Å². The Labute approximate surface area is 183 Å². The van der Waals surface area contributed by atoms with Gasteiger partial charge in [-0.25, -0.2) is 4.98 Å². The molecule has 0 bridgehead atoms. The van der Waals surface area contributed by atoms with Gasteiger partial charge in [0.2, 0.25) is 0 Å². The van der Waals surface area contributed by atoms with E-state index in [2.05, 4.69) is 16.0 Å². The van der Waals surface area contributed by atoms with Gasteiger partial charge in [-0.1, -0.05) is 6.07 Å². The predicted octanol–water partition coefficient (Wildman–Crippen LogP) is 6.67. The monoisotopic (exact) mass is 434 g/mol. The van der Waals surface area contributed by atoms with Crippen molar-refractivity contribution in [2.75, 3.05) is 0 Å². The lowest BCUT2D eigenvalue weighted by Crippen LogP contribution is -2.07. The Bertz CT molecular complexity index is 1370. The fourth-order valence-corrected chi connectivity index (χ4v) is 3.86. The van der Waals surface area contributed by atoms with Crippen LogP contribution in [0.3, 0.4) is 0 Å². The fraction of sp³-hybridized carbons (Fsp3) is 0.200. The van der Waals surface area contributed by atoms with Crippen molar-refractivity contribution < 1.29 is 13.2 Å². The second-order valence-electron chi connectivity index (χ2n) is 7.92. The Hall–Kier alpha value is -3.79. The Kier molecular flexibility index (Phi) is 5.17. The Morgan fingerprint density at radius 3 is 2.47 bits per heavy atom. The molecule has 4 nitrogen and oxygen atoms in total.